The van der Waals surface area contributed by atoms with Crippen molar-refractivity contribution in [2.24, 2.45) is 0 Å². The lowest BCUT2D eigenvalue weighted by atomic mass is 10.2. The molecule has 0 saturated carbocycles. The van der Waals surface area contributed by atoms with Gasteiger partial charge in [-0.1, -0.05) is 12.1 Å². The summed E-state index contributed by atoms with van der Waals surface area (Å²) in [6, 6.07) is 10.8. The Morgan fingerprint density at radius 2 is 1.93 bits per heavy atom. The van der Waals surface area contributed by atoms with Gasteiger partial charge in [-0.05, 0) is 36.4 Å². The molecule has 0 aliphatic rings. The van der Waals surface area contributed by atoms with Crippen LogP contribution in [0.15, 0.2) is 59.5 Å². The molecule has 27 heavy (non-hydrogen) atoms. The molecule has 136 valence electrons. The number of hydrogen-bond acceptors (Lipinski definition) is 4. The van der Waals surface area contributed by atoms with Crippen LogP contribution < -0.4 is 10.9 Å². The maximum absolute atomic E-state index is 12.8. The van der Waals surface area contributed by atoms with Crippen LogP contribution in [0.1, 0.15) is 15.2 Å². The summed E-state index contributed by atoms with van der Waals surface area (Å²) >= 11 is 1.00. The van der Waals surface area contributed by atoms with E-state index >= 15 is 0 Å². The summed E-state index contributed by atoms with van der Waals surface area (Å²) in [5.41, 5.74) is -0.711. The van der Waals surface area contributed by atoms with Crippen LogP contribution in [0, 0.1) is 0 Å². The van der Waals surface area contributed by atoms with Crippen LogP contribution >= 0.6 is 11.3 Å². The SMILES string of the molecule is O=C(Nc1cccc(C(F)(F)F)c1)c1cc2c(=O)n3ccccc3nc2s1. The Balaban J connectivity index is 1.70. The molecule has 0 spiro atoms. The fourth-order valence-corrected chi connectivity index (χ4v) is 3.55. The normalized spacial score (nSPS) is 11.8. The Labute approximate surface area is 153 Å². The number of carbonyl (C=O) groups is 1. The Morgan fingerprint density at radius 1 is 1.11 bits per heavy atom. The van der Waals surface area contributed by atoms with E-state index < -0.39 is 17.6 Å². The first kappa shape index (κ1) is 17.2. The zero-order valence-corrected chi connectivity index (χ0v) is 14.3. The number of carbonyl (C=O) groups excluding carboxylic acids is 1. The van der Waals surface area contributed by atoms with Gasteiger partial charge in [-0.3, -0.25) is 14.0 Å². The van der Waals surface area contributed by atoms with E-state index in [0.717, 1.165) is 23.5 Å². The number of nitrogens with one attached hydrogen (secondary N) is 1. The molecule has 4 rings (SSSR count). The van der Waals surface area contributed by atoms with Crippen molar-refractivity contribution in [3.8, 4) is 0 Å². The molecule has 0 saturated heterocycles. The number of benzene rings is 1. The summed E-state index contributed by atoms with van der Waals surface area (Å²) in [5, 5.41) is 2.70. The lowest BCUT2D eigenvalue weighted by Crippen LogP contribution is -2.14. The molecule has 0 aliphatic heterocycles. The van der Waals surface area contributed by atoms with Crippen LogP contribution in [0.25, 0.3) is 15.9 Å². The molecule has 0 bridgehead atoms. The Kier molecular flexibility index (Phi) is 3.96. The van der Waals surface area contributed by atoms with Crippen LogP contribution in [0.3, 0.4) is 0 Å². The van der Waals surface area contributed by atoms with Crippen molar-refractivity contribution in [2.45, 2.75) is 6.18 Å². The predicted molar refractivity (Wildman–Crippen MR) is 96.2 cm³/mol. The van der Waals surface area contributed by atoms with Gasteiger partial charge < -0.3 is 5.32 Å². The minimum Gasteiger partial charge on any atom is -0.321 e. The van der Waals surface area contributed by atoms with Crippen LogP contribution in [0.4, 0.5) is 18.9 Å². The molecule has 1 amide bonds. The highest BCUT2D eigenvalue weighted by Gasteiger charge is 2.30. The molecule has 4 aromatic rings. The lowest BCUT2D eigenvalue weighted by molar-refractivity contribution is -0.137. The maximum atomic E-state index is 12.8. The highest BCUT2D eigenvalue weighted by atomic mass is 32.1. The van der Waals surface area contributed by atoms with Gasteiger partial charge in [0.15, 0.2) is 0 Å². The molecule has 1 N–H and O–H groups in total. The second-order valence-corrected chi connectivity index (χ2v) is 6.74. The van der Waals surface area contributed by atoms with E-state index in [9.17, 15) is 22.8 Å². The molecule has 0 radical (unpaired) electrons. The number of rotatable bonds is 2. The number of alkyl halides is 3. The minimum atomic E-state index is -4.50. The quantitative estimate of drug-likeness (QED) is 0.559. The number of pyridine rings is 1. The van der Waals surface area contributed by atoms with Crippen molar-refractivity contribution in [1.82, 2.24) is 9.38 Å². The van der Waals surface area contributed by atoms with Crippen molar-refractivity contribution in [1.29, 1.82) is 0 Å². The molecule has 3 aromatic heterocycles. The van der Waals surface area contributed by atoms with Crippen molar-refractivity contribution in [3.63, 3.8) is 0 Å². The summed E-state index contributed by atoms with van der Waals surface area (Å²) < 4.78 is 39.7. The third-order valence-corrected chi connectivity index (χ3v) is 4.92. The standard InChI is InChI=1S/C18H10F3N3O2S/c19-18(20,21)10-4-3-5-11(8-10)22-15(25)13-9-12-16(27-13)23-14-6-1-2-7-24(14)17(12)26/h1-9H,(H,22,25). The summed E-state index contributed by atoms with van der Waals surface area (Å²) in [4.78, 5) is 29.9. The topological polar surface area (TPSA) is 63.5 Å². The molecule has 0 unspecified atom stereocenters. The summed E-state index contributed by atoms with van der Waals surface area (Å²) in [6.07, 6.45) is -2.93. The number of anilines is 1. The van der Waals surface area contributed by atoms with E-state index in [1.165, 1.54) is 22.6 Å². The molecule has 5 nitrogen and oxygen atoms in total. The predicted octanol–water partition coefficient (Wildman–Crippen LogP) is 4.18. The number of thiophene rings is 1. The molecule has 0 atom stereocenters. The highest BCUT2D eigenvalue weighted by molar-refractivity contribution is 7.20. The number of nitrogens with zero attached hydrogens (tertiary/aromatic N) is 2. The second kappa shape index (κ2) is 6.20. The fourth-order valence-electron chi connectivity index (χ4n) is 2.63. The molecule has 0 fully saturated rings. The Bertz CT molecular complexity index is 1240. The van der Waals surface area contributed by atoms with Gasteiger partial charge in [0.25, 0.3) is 11.5 Å². The second-order valence-electron chi connectivity index (χ2n) is 5.71. The van der Waals surface area contributed by atoms with Gasteiger partial charge >= 0.3 is 6.18 Å². The summed E-state index contributed by atoms with van der Waals surface area (Å²) in [5.74, 6) is -0.606. The molecule has 0 aliphatic carbocycles. The number of aromatic nitrogens is 2. The summed E-state index contributed by atoms with van der Waals surface area (Å²) in [7, 11) is 0. The minimum absolute atomic E-state index is 0.0159. The van der Waals surface area contributed by atoms with Crippen molar-refractivity contribution >= 4 is 38.8 Å². The van der Waals surface area contributed by atoms with Gasteiger partial charge in [-0.25, -0.2) is 4.98 Å². The monoisotopic (exact) mass is 389 g/mol. The van der Waals surface area contributed by atoms with Gasteiger partial charge in [0.1, 0.15) is 10.5 Å². The smallest absolute Gasteiger partial charge is 0.321 e. The number of hydrogen-bond donors (Lipinski definition) is 1. The largest absolute Gasteiger partial charge is 0.416 e. The van der Waals surface area contributed by atoms with E-state index in [-0.39, 0.29) is 21.5 Å². The van der Waals surface area contributed by atoms with Crippen molar-refractivity contribution in [2.75, 3.05) is 5.32 Å². The third-order valence-electron chi connectivity index (χ3n) is 3.89. The van der Waals surface area contributed by atoms with Gasteiger partial charge in [-0.2, -0.15) is 13.2 Å². The van der Waals surface area contributed by atoms with E-state index in [4.69, 9.17) is 0 Å². The lowest BCUT2D eigenvalue weighted by Gasteiger charge is -2.09. The van der Waals surface area contributed by atoms with E-state index in [0.29, 0.717) is 10.5 Å². The molecular weight excluding hydrogens is 379 g/mol. The van der Waals surface area contributed by atoms with E-state index in [1.54, 1.807) is 24.4 Å². The molecule has 1 aromatic carbocycles. The first-order chi connectivity index (χ1) is 12.8. The van der Waals surface area contributed by atoms with Crippen LogP contribution in [-0.2, 0) is 6.18 Å². The summed E-state index contributed by atoms with van der Waals surface area (Å²) in [6.45, 7) is 0. The highest BCUT2D eigenvalue weighted by Crippen LogP contribution is 2.31. The average molecular weight is 389 g/mol. The van der Waals surface area contributed by atoms with Crippen molar-refractivity contribution < 1.29 is 18.0 Å². The first-order valence-corrected chi connectivity index (χ1v) is 8.54. The van der Waals surface area contributed by atoms with Gasteiger partial charge in [0, 0.05) is 11.9 Å². The first-order valence-electron chi connectivity index (χ1n) is 7.72. The van der Waals surface area contributed by atoms with E-state index in [2.05, 4.69) is 10.3 Å². The van der Waals surface area contributed by atoms with Crippen LogP contribution in [-0.4, -0.2) is 15.3 Å². The van der Waals surface area contributed by atoms with Crippen molar-refractivity contribution in [3.05, 3.63) is 75.5 Å². The van der Waals surface area contributed by atoms with Gasteiger partial charge in [0.05, 0.1) is 15.8 Å². The van der Waals surface area contributed by atoms with Crippen LogP contribution in [0.5, 0.6) is 0 Å². The van der Waals surface area contributed by atoms with Crippen LogP contribution in [0.2, 0.25) is 0 Å². The Morgan fingerprint density at radius 3 is 2.70 bits per heavy atom. The number of halogens is 3. The maximum Gasteiger partial charge on any atom is 0.416 e. The van der Waals surface area contributed by atoms with Gasteiger partial charge in [-0.15, -0.1) is 11.3 Å². The Hall–Kier alpha value is -3.20. The number of fused-ring (bicyclic) bond motifs is 2. The fraction of sp³-hybridized carbons (Fsp3) is 0.0556. The average Bonchev–Trinajstić information content (AvgIpc) is 3.06. The third kappa shape index (κ3) is 3.17. The number of amides is 1. The van der Waals surface area contributed by atoms with E-state index in [1.807, 2.05) is 0 Å². The van der Waals surface area contributed by atoms with Gasteiger partial charge in [0.2, 0.25) is 0 Å². The zero-order chi connectivity index (χ0) is 19.2. The molecular formula is C18H10F3N3O2S. The molecule has 9 heteroatoms. The molecule has 3 heterocycles. The zero-order valence-electron chi connectivity index (χ0n) is 13.4.